The highest BCUT2D eigenvalue weighted by atomic mass is 32.2. The lowest BCUT2D eigenvalue weighted by Gasteiger charge is -2.25. The Balaban J connectivity index is 1.56. The zero-order chi connectivity index (χ0) is 25.0. The average molecular weight is 493 g/mol. The number of H-pyrrole nitrogens is 1. The predicted molar refractivity (Wildman–Crippen MR) is 135 cm³/mol. The van der Waals surface area contributed by atoms with Crippen molar-refractivity contribution < 1.29 is 18.0 Å². The number of para-hydroxylation sites is 2. The molecule has 3 atom stereocenters. The van der Waals surface area contributed by atoms with Crippen LogP contribution in [0, 0.1) is 5.92 Å². The van der Waals surface area contributed by atoms with Crippen LogP contribution in [0.15, 0.2) is 71.9 Å². The number of nitrogens with zero attached hydrogens (tertiary/aromatic N) is 1. The molecule has 35 heavy (non-hydrogen) atoms. The lowest BCUT2D eigenvalue weighted by atomic mass is 9.98. The molecule has 2 aromatic heterocycles. The number of sulfonamides is 1. The van der Waals surface area contributed by atoms with E-state index in [2.05, 4.69) is 20.0 Å². The summed E-state index contributed by atoms with van der Waals surface area (Å²) in [6.07, 6.45) is 4.86. The van der Waals surface area contributed by atoms with Gasteiger partial charge in [-0.15, -0.1) is 0 Å². The number of pyridine rings is 1. The maximum atomic E-state index is 13.3. The fourth-order valence-electron chi connectivity index (χ4n) is 4.13. The summed E-state index contributed by atoms with van der Waals surface area (Å²) in [5.41, 5.74) is 2.16. The average Bonchev–Trinajstić information content (AvgIpc) is 3.28. The molecule has 8 nitrogen and oxygen atoms in total. The molecule has 4 aromatic rings. The lowest BCUT2D eigenvalue weighted by molar-refractivity contribution is -0.126. The first-order valence-electron chi connectivity index (χ1n) is 11.5. The fourth-order valence-corrected chi connectivity index (χ4v) is 5.61. The number of hydrogen-bond donors (Lipinski definition) is 3. The van der Waals surface area contributed by atoms with Crippen molar-refractivity contribution in [3.8, 4) is 0 Å². The normalized spacial score (nSPS) is 14.5. The third-order valence-corrected chi connectivity index (χ3v) is 7.74. The first kappa shape index (κ1) is 24.6. The van der Waals surface area contributed by atoms with Gasteiger partial charge in [-0.05, 0) is 29.7 Å². The van der Waals surface area contributed by atoms with E-state index < -0.39 is 28.0 Å². The first-order chi connectivity index (χ1) is 16.8. The zero-order valence-electron chi connectivity index (χ0n) is 19.6. The van der Waals surface area contributed by atoms with Crippen molar-refractivity contribution >= 4 is 44.0 Å². The van der Waals surface area contributed by atoms with Crippen molar-refractivity contribution in [3.05, 3.63) is 72.6 Å². The summed E-state index contributed by atoms with van der Waals surface area (Å²) < 4.78 is 29.2. The van der Waals surface area contributed by atoms with Gasteiger partial charge in [-0.25, -0.2) is 8.42 Å². The van der Waals surface area contributed by atoms with E-state index in [1.165, 1.54) is 12.3 Å². The van der Waals surface area contributed by atoms with Crippen molar-refractivity contribution in [3.63, 3.8) is 0 Å². The molecular weight excluding hydrogens is 464 g/mol. The van der Waals surface area contributed by atoms with Gasteiger partial charge in [0.1, 0.15) is 17.2 Å². The van der Waals surface area contributed by atoms with Crippen LogP contribution in [0.1, 0.15) is 25.8 Å². The number of fused-ring (bicyclic) bond motifs is 2. The number of nitrogens with one attached hydrogen (secondary N) is 3. The van der Waals surface area contributed by atoms with Crippen molar-refractivity contribution in [1.29, 1.82) is 0 Å². The quantitative estimate of drug-likeness (QED) is 0.293. The highest BCUT2D eigenvalue weighted by Gasteiger charge is 2.32. The molecule has 2 aromatic carbocycles. The molecule has 0 unspecified atom stereocenters. The minimum atomic E-state index is -4.07. The van der Waals surface area contributed by atoms with Crippen LogP contribution < -0.4 is 10.0 Å². The molecule has 0 saturated carbocycles. The Labute approximate surface area is 204 Å². The Morgan fingerprint density at radius 3 is 2.66 bits per heavy atom. The topological polar surface area (TPSA) is 121 Å². The molecular formula is C26H28N4O4S. The van der Waals surface area contributed by atoms with Crippen molar-refractivity contribution in [2.75, 3.05) is 0 Å². The number of hydrogen-bond acceptors (Lipinski definition) is 5. The van der Waals surface area contributed by atoms with Gasteiger partial charge in [0.05, 0.1) is 11.6 Å². The van der Waals surface area contributed by atoms with Gasteiger partial charge < -0.3 is 15.1 Å². The largest absolute Gasteiger partial charge is 0.361 e. The summed E-state index contributed by atoms with van der Waals surface area (Å²) in [4.78, 5) is 32.5. The third kappa shape index (κ3) is 5.26. The Hall–Kier alpha value is -3.56. The van der Waals surface area contributed by atoms with E-state index in [4.69, 9.17) is 0 Å². The van der Waals surface area contributed by atoms with Crippen LogP contribution in [0.5, 0.6) is 0 Å². The lowest BCUT2D eigenvalue weighted by Crippen LogP contribution is -2.53. The van der Waals surface area contributed by atoms with E-state index in [1.807, 2.05) is 37.4 Å². The summed E-state index contributed by atoms with van der Waals surface area (Å²) in [5.74, 6) is -0.860. The van der Waals surface area contributed by atoms with Gasteiger partial charge in [-0.3, -0.25) is 9.78 Å². The molecule has 1 amide bonds. The van der Waals surface area contributed by atoms with E-state index in [0.717, 1.165) is 16.5 Å². The van der Waals surface area contributed by atoms with E-state index >= 15 is 0 Å². The highest BCUT2D eigenvalue weighted by Crippen LogP contribution is 2.22. The summed E-state index contributed by atoms with van der Waals surface area (Å²) in [6, 6.07) is 14.2. The number of aldehydes is 1. The Bertz CT molecular complexity index is 1460. The van der Waals surface area contributed by atoms with Crippen molar-refractivity contribution in [2.45, 2.75) is 43.7 Å². The van der Waals surface area contributed by atoms with Crippen LogP contribution in [0.2, 0.25) is 0 Å². The molecule has 0 aliphatic heterocycles. The fraction of sp³-hybridized carbons (Fsp3) is 0.269. The summed E-state index contributed by atoms with van der Waals surface area (Å²) in [5, 5.41) is 4.38. The van der Waals surface area contributed by atoms with Crippen LogP contribution in [0.3, 0.4) is 0 Å². The van der Waals surface area contributed by atoms with Gasteiger partial charge in [0.15, 0.2) is 0 Å². The first-order valence-corrected chi connectivity index (χ1v) is 13.0. The van der Waals surface area contributed by atoms with Gasteiger partial charge in [0, 0.05) is 35.1 Å². The summed E-state index contributed by atoms with van der Waals surface area (Å²) in [7, 11) is -4.07. The number of aromatic amines is 1. The van der Waals surface area contributed by atoms with Crippen molar-refractivity contribution in [1.82, 2.24) is 20.0 Å². The maximum absolute atomic E-state index is 13.3. The number of rotatable bonds is 10. The second kappa shape index (κ2) is 10.4. The van der Waals surface area contributed by atoms with E-state index in [9.17, 15) is 18.0 Å². The molecule has 0 spiro atoms. The second-order valence-electron chi connectivity index (χ2n) is 8.63. The minimum absolute atomic E-state index is 0.00225. The second-order valence-corrected chi connectivity index (χ2v) is 10.3. The monoisotopic (exact) mass is 492 g/mol. The molecule has 3 N–H and O–H groups in total. The third-order valence-electron chi connectivity index (χ3n) is 6.27. The molecule has 0 aliphatic rings. The van der Waals surface area contributed by atoms with Gasteiger partial charge in [0.2, 0.25) is 15.9 Å². The van der Waals surface area contributed by atoms with E-state index in [1.54, 1.807) is 31.2 Å². The molecule has 0 radical (unpaired) electrons. The standard InChI is InChI=1S/C26H28N4O4S/c1-3-17(2)24(30-35(33,34)23-12-6-8-18-9-7-13-27-25(18)23)26(32)29-20(16-31)14-19-15-28-22-11-5-4-10-21(19)22/h4-13,15-17,20,24,28,30H,3,14H2,1-2H3,(H,29,32)/t17-,20-,24-/m0/s1. The number of carbonyl (C=O) groups excluding carboxylic acids is 2. The Kier molecular flexibility index (Phi) is 7.28. The van der Waals surface area contributed by atoms with Gasteiger partial charge in [-0.1, -0.05) is 56.7 Å². The zero-order valence-corrected chi connectivity index (χ0v) is 20.4. The number of aromatic nitrogens is 2. The Morgan fingerprint density at radius 1 is 1.11 bits per heavy atom. The molecule has 4 rings (SSSR count). The van der Waals surface area contributed by atoms with Gasteiger partial charge in [-0.2, -0.15) is 4.72 Å². The van der Waals surface area contributed by atoms with Crippen LogP contribution in [0.25, 0.3) is 21.8 Å². The van der Waals surface area contributed by atoms with Crippen molar-refractivity contribution in [2.24, 2.45) is 5.92 Å². The van der Waals surface area contributed by atoms with Crippen LogP contribution >= 0.6 is 0 Å². The predicted octanol–water partition coefficient (Wildman–Crippen LogP) is 3.34. The molecule has 0 fully saturated rings. The van der Waals surface area contributed by atoms with Crippen LogP contribution in [-0.4, -0.2) is 42.7 Å². The van der Waals surface area contributed by atoms with E-state index in [-0.39, 0.29) is 17.2 Å². The molecule has 0 aliphatic carbocycles. The van der Waals surface area contributed by atoms with Crippen LogP contribution in [0.4, 0.5) is 0 Å². The molecule has 9 heteroatoms. The Morgan fingerprint density at radius 2 is 1.89 bits per heavy atom. The van der Waals surface area contributed by atoms with Gasteiger partial charge in [0.25, 0.3) is 0 Å². The van der Waals surface area contributed by atoms with Crippen LogP contribution in [-0.2, 0) is 26.0 Å². The SMILES string of the molecule is CC[C@H](C)[C@H](NS(=O)(=O)c1cccc2cccnc12)C(=O)N[C@H](C=O)Cc1c[nH]c2ccccc12. The smallest absolute Gasteiger partial charge is 0.243 e. The molecule has 0 saturated heterocycles. The van der Waals surface area contributed by atoms with Gasteiger partial charge >= 0.3 is 0 Å². The summed E-state index contributed by atoms with van der Waals surface area (Å²) in [6.45, 7) is 3.67. The molecule has 2 heterocycles. The molecule has 182 valence electrons. The highest BCUT2D eigenvalue weighted by molar-refractivity contribution is 7.89. The van der Waals surface area contributed by atoms with E-state index in [0.29, 0.717) is 23.6 Å². The minimum Gasteiger partial charge on any atom is -0.361 e. The number of benzene rings is 2. The number of carbonyl (C=O) groups is 2. The molecule has 0 bridgehead atoms. The number of amides is 1. The summed E-state index contributed by atoms with van der Waals surface area (Å²) >= 11 is 0. The maximum Gasteiger partial charge on any atom is 0.243 e.